The molecule has 0 radical (unpaired) electrons. The molecule has 2 aromatic rings. The van der Waals surface area contributed by atoms with Crippen LogP contribution in [0.4, 0.5) is 0 Å². The van der Waals surface area contributed by atoms with Crippen molar-refractivity contribution in [3.05, 3.63) is 55.7 Å². The lowest BCUT2D eigenvalue weighted by atomic mass is 10.1. The van der Waals surface area contributed by atoms with Gasteiger partial charge in [-0.1, -0.05) is 29.8 Å². The van der Waals surface area contributed by atoms with Gasteiger partial charge < -0.3 is 5.32 Å². The smallest absolute Gasteiger partial charge is 0.0314 e. The summed E-state index contributed by atoms with van der Waals surface area (Å²) >= 11 is 5.39. The van der Waals surface area contributed by atoms with Crippen molar-refractivity contribution in [2.24, 2.45) is 0 Å². The fourth-order valence-electron chi connectivity index (χ4n) is 1.76. The first-order chi connectivity index (χ1) is 8.15. The van der Waals surface area contributed by atoms with Crippen LogP contribution in [0.25, 0.3) is 0 Å². The maximum Gasteiger partial charge on any atom is 0.0314 e. The lowest BCUT2D eigenvalue weighted by Gasteiger charge is -2.04. The highest BCUT2D eigenvalue weighted by molar-refractivity contribution is 9.10. The van der Waals surface area contributed by atoms with Crippen LogP contribution in [0.15, 0.2) is 34.8 Å². The summed E-state index contributed by atoms with van der Waals surface area (Å²) < 4.78 is 1.22. The third kappa shape index (κ3) is 3.66. The fraction of sp³-hybridized carbons (Fsp3) is 0.286. The Balaban J connectivity index is 1.87. The molecule has 0 fully saturated rings. The number of aryl methyl sites for hydroxylation is 2. The van der Waals surface area contributed by atoms with E-state index in [9.17, 15) is 0 Å². The highest BCUT2D eigenvalue weighted by Crippen LogP contribution is 2.26. The zero-order valence-electron chi connectivity index (χ0n) is 10.1. The minimum absolute atomic E-state index is 0.927. The highest BCUT2D eigenvalue weighted by atomic mass is 79.9. The summed E-state index contributed by atoms with van der Waals surface area (Å²) in [5, 5.41) is 3.48. The van der Waals surface area contributed by atoms with Gasteiger partial charge in [-0.15, -0.1) is 11.3 Å². The van der Waals surface area contributed by atoms with Crippen molar-refractivity contribution in [3.63, 3.8) is 0 Å². The molecule has 0 spiro atoms. The molecule has 0 atom stereocenters. The quantitative estimate of drug-likeness (QED) is 0.881. The van der Waals surface area contributed by atoms with Crippen LogP contribution in [-0.2, 0) is 13.1 Å². The Labute approximate surface area is 115 Å². The van der Waals surface area contributed by atoms with Gasteiger partial charge in [0.05, 0.1) is 0 Å². The second-order valence-electron chi connectivity index (χ2n) is 4.21. The number of benzene rings is 1. The molecule has 3 heteroatoms. The molecule has 0 aliphatic heterocycles. The van der Waals surface area contributed by atoms with Gasteiger partial charge in [-0.05, 0) is 41.4 Å². The topological polar surface area (TPSA) is 12.0 Å². The number of halogens is 1. The largest absolute Gasteiger partial charge is 0.308 e. The fourth-order valence-corrected chi connectivity index (χ4v) is 3.33. The molecule has 0 bridgehead atoms. The van der Waals surface area contributed by atoms with Crippen LogP contribution < -0.4 is 5.32 Å². The van der Waals surface area contributed by atoms with Crippen LogP contribution in [0.2, 0.25) is 0 Å². The van der Waals surface area contributed by atoms with Gasteiger partial charge in [0.15, 0.2) is 0 Å². The average Bonchev–Trinajstić information content (AvgIpc) is 2.58. The van der Waals surface area contributed by atoms with Crippen LogP contribution >= 0.6 is 27.3 Å². The molecule has 17 heavy (non-hydrogen) atoms. The van der Waals surface area contributed by atoms with Crippen molar-refractivity contribution >= 4 is 27.3 Å². The Bertz CT molecular complexity index is 485. The van der Waals surface area contributed by atoms with Gasteiger partial charge in [0.25, 0.3) is 0 Å². The monoisotopic (exact) mass is 309 g/mol. The first-order valence-corrected chi connectivity index (χ1v) is 7.27. The SMILES string of the molecule is Cc1cccc(CNCc2cc(Br)c(C)s2)c1. The zero-order chi connectivity index (χ0) is 12.3. The molecule has 0 unspecified atom stereocenters. The molecule has 1 heterocycles. The Hall–Kier alpha value is -0.640. The molecule has 0 aliphatic rings. The van der Waals surface area contributed by atoms with E-state index in [2.05, 4.69) is 65.4 Å². The van der Waals surface area contributed by atoms with Gasteiger partial charge >= 0.3 is 0 Å². The summed E-state index contributed by atoms with van der Waals surface area (Å²) in [6.07, 6.45) is 0. The van der Waals surface area contributed by atoms with E-state index in [0.29, 0.717) is 0 Å². The van der Waals surface area contributed by atoms with Gasteiger partial charge in [0, 0.05) is 27.3 Å². The maximum atomic E-state index is 3.55. The Morgan fingerprint density at radius 1 is 1.18 bits per heavy atom. The Kier molecular flexibility index (Phi) is 4.37. The van der Waals surface area contributed by atoms with Gasteiger partial charge in [-0.3, -0.25) is 0 Å². The van der Waals surface area contributed by atoms with Crippen molar-refractivity contribution in [3.8, 4) is 0 Å². The number of nitrogens with one attached hydrogen (secondary N) is 1. The van der Waals surface area contributed by atoms with E-state index < -0.39 is 0 Å². The summed E-state index contributed by atoms with van der Waals surface area (Å²) in [4.78, 5) is 2.72. The second-order valence-corrected chi connectivity index (χ2v) is 6.40. The van der Waals surface area contributed by atoms with E-state index in [0.717, 1.165) is 13.1 Å². The van der Waals surface area contributed by atoms with Crippen molar-refractivity contribution in [1.82, 2.24) is 5.32 Å². The molecule has 1 aromatic heterocycles. The molecule has 0 saturated heterocycles. The molecule has 1 nitrogen and oxygen atoms in total. The highest BCUT2D eigenvalue weighted by Gasteiger charge is 2.02. The summed E-state index contributed by atoms with van der Waals surface area (Å²) in [6.45, 7) is 6.13. The first kappa shape index (κ1) is 12.8. The second kappa shape index (κ2) is 5.80. The predicted octanol–water partition coefficient (Wildman–Crippen LogP) is 4.42. The van der Waals surface area contributed by atoms with Gasteiger partial charge in [-0.25, -0.2) is 0 Å². The Morgan fingerprint density at radius 2 is 2.00 bits per heavy atom. The average molecular weight is 310 g/mol. The van der Waals surface area contributed by atoms with E-state index in [4.69, 9.17) is 0 Å². The number of hydrogen-bond donors (Lipinski definition) is 1. The van der Waals surface area contributed by atoms with Gasteiger partial charge in [0.1, 0.15) is 0 Å². The molecule has 1 N–H and O–H groups in total. The summed E-state index contributed by atoms with van der Waals surface area (Å²) in [5.41, 5.74) is 2.66. The van der Waals surface area contributed by atoms with E-state index in [1.807, 2.05) is 11.3 Å². The van der Waals surface area contributed by atoms with E-state index in [1.54, 1.807) is 0 Å². The number of hydrogen-bond acceptors (Lipinski definition) is 2. The molecule has 1 aromatic carbocycles. The number of thiophene rings is 1. The van der Waals surface area contributed by atoms with E-state index in [1.165, 1.54) is 25.4 Å². The normalized spacial score (nSPS) is 10.8. The molecule has 0 amide bonds. The third-order valence-corrected chi connectivity index (χ3v) is 4.76. The van der Waals surface area contributed by atoms with Crippen LogP contribution in [0.5, 0.6) is 0 Å². The Morgan fingerprint density at radius 3 is 2.65 bits per heavy atom. The molecule has 90 valence electrons. The van der Waals surface area contributed by atoms with Crippen LogP contribution in [0, 0.1) is 13.8 Å². The standard InChI is InChI=1S/C14H16BrNS/c1-10-4-3-5-12(6-10)8-16-9-13-7-14(15)11(2)17-13/h3-7,16H,8-9H2,1-2H3. The first-order valence-electron chi connectivity index (χ1n) is 5.66. The van der Waals surface area contributed by atoms with E-state index >= 15 is 0 Å². The predicted molar refractivity (Wildman–Crippen MR) is 78.5 cm³/mol. The van der Waals surface area contributed by atoms with Crippen LogP contribution in [-0.4, -0.2) is 0 Å². The van der Waals surface area contributed by atoms with Crippen LogP contribution in [0.3, 0.4) is 0 Å². The van der Waals surface area contributed by atoms with Crippen LogP contribution in [0.1, 0.15) is 20.9 Å². The van der Waals surface area contributed by atoms with Crippen molar-refractivity contribution in [2.75, 3.05) is 0 Å². The summed E-state index contributed by atoms with van der Waals surface area (Å²) in [5.74, 6) is 0. The zero-order valence-corrected chi connectivity index (χ0v) is 12.5. The molecule has 2 rings (SSSR count). The van der Waals surface area contributed by atoms with Gasteiger partial charge in [0.2, 0.25) is 0 Å². The van der Waals surface area contributed by atoms with Gasteiger partial charge in [-0.2, -0.15) is 0 Å². The van der Waals surface area contributed by atoms with Crippen molar-refractivity contribution in [1.29, 1.82) is 0 Å². The maximum absolute atomic E-state index is 3.55. The third-order valence-electron chi connectivity index (χ3n) is 2.62. The molecule has 0 aliphatic carbocycles. The van der Waals surface area contributed by atoms with E-state index in [-0.39, 0.29) is 0 Å². The van der Waals surface area contributed by atoms with Crippen molar-refractivity contribution in [2.45, 2.75) is 26.9 Å². The number of rotatable bonds is 4. The minimum Gasteiger partial charge on any atom is -0.308 e. The lowest BCUT2D eigenvalue weighted by Crippen LogP contribution is -2.11. The summed E-state index contributed by atoms with van der Waals surface area (Å²) in [7, 11) is 0. The molecular formula is C14H16BrNS. The molecule has 0 saturated carbocycles. The minimum atomic E-state index is 0.927. The lowest BCUT2D eigenvalue weighted by molar-refractivity contribution is 0.700. The summed E-state index contributed by atoms with van der Waals surface area (Å²) in [6, 6.07) is 10.8. The molecular weight excluding hydrogens is 294 g/mol. The van der Waals surface area contributed by atoms with Crippen molar-refractivity contribution < 1.29 is 0 Å².